The molecule has 1 heterocycles. The lowest BCUT2D eigenvalue weighted by molar-refractivity contribution is -0.143. The second kappa shape index (κ2) is 12.6. The van der Waals surface area contributed by atoms with Crippen LogP contribution in [0.4, 0.5) is 4.79 Å². The Balaban J connectivity index is 1.77. The van der Waals surface area contributed by atoms with Gasteiger partial charge in [-0.1, -0.05) is 17.7 Å². The van der Waals surface area contributed by atoms with Gasteiger partial charge in [0.1, 0.15) is 0 Å². The van der Waals surface area contributed by atoms with Crippen molar-refractivity contribution in [2.24, 2.45) is 0 Å². The number of carbonyl (C=O) groups is 3. The van der Waals surface area contributed by atoms with Gasteiger partial charge in [0, 0.05) is 17.5 Å². The van der Waals surface area contributed by atoms with Gasteiger partial charge in [-0.3, -0.25) is 10.1 Å². The zero-order valence-electron chi connectivity index (χ0n) is 17.1. The third-order valence-corrected chi connectivity index (χ3v) is 5.00. The topological polar surface area (TPSA) is 103 Å². The Kier molecular flexibility index (Phi) is 9.86. The summed E-state index contributed by atoms with van der Waals surface area (Å²) in [6.45, 7) is 2.03. The molecule has 0 saturated heterocycles. The summed E-state index contributed by atoms with van der Waals surface area (Å²) in [4.78, 5) is 36.4. The van der Waals surface area contributed by atoms with Crippen molar-refractivity contribution < 1.29 is 28.6 Å². The number of methoxy groups -OCH3 is 1. The lowest BCUT2D eigenvalue weighted by Crippen LogP contribution is -2.42. The summed E-state index contributed by atoms with van der Waals surface area (Å²) in [5.74, 6) is -0.650. The fourth-order valence-electron chi connectivity index (χ4n) is 2.46. The molecule has 2 N–H and O–H groups in total. The maximum atomic E-state index is 11.9. The maximum Gasteiger partial charge on any atom is 0.331 e. The van der Waals surface area contributed by atoms with Crippen LogP contribution >= 0.6 is 22.9 Å². The van der Waals surface area contributed by atoms with Gasteiger partial charge >= 0.3 is 12.0 Å². The molecule has 0 bridgehead atoms. The van der Waals surface area contributed by atoms with Gasteiger partial charge in [-0.15, -0.1) is 11.3 Å². The first-order valence-electron chi connectivity index (χ1n) is 9.38. The minimum atomic E-state index is -0.752. The molecule has 2 aromatic rings. The van der Waals surface area contributed by atoms with E-state index in [4.69, 9.17) is 25.8 Å². The van der Waals surface area contributed by atoms with Crippen LogP contribution in [0.15, 0.2) is 35.7 Å². The molecular weight excluding hydrogens is 444 g/mol. The van der Waals surface area contributed by atoms with Crippen molar-refractivity contribution in [3.05, 3.63) is 51.2 Å². The third kappa shape index (κ3) is 8.31. The normalized spacial score (nSPS) is 10.5. The summed E-state index contributed by atoms with van der Waals surface area (Å²) in [6, 6.07) is 6.49. The number of hydrogen-bond donors (Lipinski definition) is 2. The van der Waals surface area contributed by atoms with Gasteiger partial charge in [-0.05, 0) is 48.6 Å². The molecule has 8 nitrogen and oxygen atoms in total. The quantitative estimate of drug-likeness (QED) is 0.410. The number of ether oxygens (including phenoxy) is 3. The largest absolute Gasteiger partial charge is 0.491 e. The van der Waals surface area contributed by atoms with Crippen LogP contribution in [0.1, 0.15) is 17.4 Å². The minimum Gasteiger partial charge on any atom is -0.491 e. The van der Waals surface area contributed by atoms with Gasteiger partial charge in [0.2, 0.25) is 0 Å². The van der Waals surface area contributed by atoms with Crippen molar-refractivity contribution in [1.82, 2.24) is 10.6 Å². The summed E-state index contributed by atoms with van der Waals surface area (Å²) in [6.07, 6.45) is 3.27. The number of hydrogen-bond acceptors (Lipinski definition) is 7. The van der Waals surface area contributed by atoms with E-state index < -0.39 is 24.5 Å². The van der Waals surface area contributed by atoms with Crippen molar-refractivity contribution in [2.75, 3.05) is 26.9 Å². The molecular formula is C21H23ClN2O6S. The van der Waals surface area contributed by atoms with Gasteiger partial charge in [-0.2, -0.15) is 0 Å². The minimum absolute atomic E-state index is 0.325. The fraction of sp³-hybridized carbons (Fsp3) is 0.286. The van der Waals surface area contributed by atoms with Gasteiger partial charge in [-0.25, -0.2) is 9.59 Å². The second-order valence-electron chi connectivity index (χ2n) is 6.04. The van der Waals surface area contributed by atoms with Crippen molar-refractivity contribution in [2.45, 2.75) is 13.3 Å². The Bertz CT molecular complexity index is 930. The van der Waals surface area contributed by atoms with Crippen LogP contribution in [0, 0.1) is 0 Å². The number of benzene rings is 1. The average molecular weight is 467 g/mol. The average Bonchev–Trinajstić information content (AvgIpc) is 3.24. The van der Waals surface area contributed by atoms with E-state index in [9.17, 15) is 14.4 Å². The summed E-state index contributed by atoms with van der Waals surface area (Å²) in [5, 5.41) is 6.93. The van der Waals surface area contributed by atoms with Crippen LogP contribution in [-0.4, -0.2) is 44.8 Å². The van der Waals surface area contributed by atoms with E-state index in [0.717, 1.165) is 11.0 Å². The number of carbonyl (C=O) groups excluding carboxylic acids is 3. The highest BCUT2D eigenvalue weighted by Gasteiger charge is 2.12. The van der Waals surface area contributed by atoms with Crippen LogP contribution in [-0.2, 0) is 20.7 Å². The first kappa shape index (κ1) is 24.2. The number of halogens is 1. The first-order valence-corrected chi connectivity index (χ1v) is 10.6. The molecule has 0 aliphatic heterocycles. The van der Waals surface area contributed by atoms with Crippen LogP contribution < -0.4 is 20.1 Å². The van der Waals surface area contributed by atoms with E-state index in [1.165, 1.54) is 13.2 Å². The number of rotatable bonds is 10. The molecule has 1 aromatic heterocycles. The van der Waals surface area contributed by atoms with Crippen LogP contribution in [0.2, 0.25) is 5.02 Å². The van der Waals surface area contributed by atoms with Gasteiger partial charge < -0.3 is 19.5 Å². The van der Waals surface area contributed by atoms with E-state index in [1.54, 1.807) is 23.5 Å². The molecule has 0 fully saturated rings. The summed E-state index contributed by atoms with van der Waals surface area (Å²) >= 11 is 7.74. The molecule has 10 heteroatoms. The van der Waals surface area contributed by atoms with Crippen LogP contribution in [0.3, 0.4) is 0 Å². The SMILES string of the molecule is CCOc1cc(/C=C/C(=O)OCC(=O)NC(=O)NCCc2cccs2)cc(Cl)c1OC. The third-order valence-electron chi connectivity index (χ3n) is 3.78. The monoisotopic (exact) mass is 466 g/mol. The molecule has 0 unspecified atom stereocenters. The van der Waals surface area contributed by atoms with E-state index in [1.807, 2.05) is 24.4 Å². The molecule has 31 heavy (non-hydrogen) atoms. The highest BCUT2D eigenvalue weighted by molar-refractivity contribution is 7.09. The van der Waals surface area contributed by atoms with Crippen molar-refractivity contribution >= 4 is 46.9 Å². The van der Waals surface area contributed by atoms with Gasteiger partial charge in [0.15, 0.2) is 18.1 Å². The van der Waals surface area contributed by atoms with Crippen molar-refractivity contribution in [1.29, 1.82) is 0 Å². The number of urea groups is 1. The van der Waals surface area contributed by atoms with Crippen molar-refractivity contribution in [3.63, 3.8) is 0 Å². The smallest absolute Gasteiger partial charge is 0.331 e. The molecule has 0 aliphatic carbocycles. The number of nitrogens with one attached hydrogen (secondary N) is 2. The van der Waals surface area contributed by atoms with Crippen LogP contribution in [0.5, 0.6) is 11.5 Å². The van der Waals surface area contributed by atoms with E-state index in [0.29, 0.717) is 41.7 Å². The second-order valence-corrected chi connectivity index (χ2v) is 7.48. The standard InChI is InChI=1S/C21H23ClN2O6S/c1-3-29-17-12-14(11-16(22)20(17)28-2)6-7-19(26)30-13-18(25)24-21(27)23-9-8-15-5-4-10-31-15/h4-7,10-12H,3,8-9,13H2,1-2H3,(H2,23,24,25,27)/b7-6+. The number of thiophene rings is 1. The molecule has 1 aromatic carbocycles. The summed E-state index contributed by atoms with van der Waals surface area (Å²) in [7, 11) is 1.48. The lowest BCUT2D eigenvalue weighted by atomic mass is 10.2. The highest BCUT2D eigenvalue weighted by atomic mass is 35.5. The first-order chi connectivity index (χ1) is 14.9. The van der Waals surface area contributed by atoms with E-state index in [-0.39, 0.29) is 0 Å². The molecule has 0 saturated carbocycles. The molecule has 0 aliphatic rings. The number of esters is 1. The zero-order valence-corrected chi connectivity index (χ0v) is 18.7. The zero-order chi connectivity index (χ0) is 22.6. The van der Waals surface area contributed by atoms with Crippen LogP contribution in [0.25, 0.3) is 6.08 Å². The summed E-state index contributed by atoms with van der Waals surface area (Å²) in [5.41, 5.74) is 0.584. The molecule has 3 amide bonds. The number of amides is 3. The predicted octanol–water partition coefficient (Wildman–Crippen LogP) is 3.43. The maximum absolute atomic E-state index is 11.9. The highest BCUT2D eigenvalue weighted by Crippen LogP contribution is 2.36. The molecule has 0 radical (unpaired) electrons. The lowest BCUT2D eigenvalue weighted by Gasteiger charge is -2.11. The fourth-order valence-corrected chi connectivity index (χ4v) is 3.46. The number of imide groups is 1. The Hall–Kier alpha value is -3.04. The molecule has 0 atom stereocenters. The summed E-state index contributed by atoms with van der Waals surface area (Å²) < 4.78 is 15.5. The molecule has 0 spiro atoms. The van der Waals surface area contributed by atoms with Crippen molar-refractivity contribution in [3.8, 4) is 11.5 Å². The van der Waals surface area contributed by atoms with Gasteiger partial charge in [0.05, 0.1) is 18.7 Å². The van der Waals surface area contributed by atoms with Gasteiger partial charge in [0.25, 0.3) is 5.91 Å². The Labute approximate surface area is 189 Å². The Morgan fingerprint density at radius 2 is 2.06 bits per heavy atom. The van der Waals surface area contributed by atoms with E-state index >= 15 is 0 Å². The Morgan fingerprint density at radius 3 is 2.74 bits per heavy atom. The molecule has 166 valence electrons. The Morgan fingerprint density at radius 1 is 1.26 bits per heavy atom. The predicted molar refractivity (Wildman–Crippen MR) is 119 cm³/mol. The molecule has 2 rings (SSSR count). The van der Waals surface area contributed by atoms with E-state index in [2.05, 4.69) is 10.6 Å².